The van der Waals surface area contributed by atoms with Gasteiger partial charge in [0.15, 0.2) is 6.61 Å². The molecule has 1 aromatic rings. The monoisotopic (exact) mass is 265 g/mol. The van der Waals surface area contributed by atoms with Crippen molar-refractivity contribution in [1.82, 2.24) is 5.32 Å². The number of para-hydroxylation sites is 1. The molecule has 4 heteroatoms. The first-order valence-corrected chi connectivity index (χ1v) is 6.46. The van der Waals surface area contributed by atoms with Crippen LogP contribution >= 0.6 is 0 Å². The summed E-state index contributed by atoms with van der Waals surface area (Å²) in [4.78, 5) is 11.8. The first kappa shape index (κ1) is 15.5. The van der Waals surface area contributed by atoms with Gasteiger partial charge in [0.2, 0.25) is 0 Å². The zero-order valence-electron chi connectivity index (χ0n) is 12.1. The van der Waals surface area contributed by atoms with Gasteiger partial charge in [-0.1, -0.05) is 18.2 Å². The van der Waals surface area contributed by atoms with Gasteiger partial charge in [-0.15, -0.1) is 0 Å². The van der Waals surface area contributed by atoms with Crippen molar-refractivity contribution in [2.75, 3.05) is 13.2 Å². The lowest BCUT2D eigenvalue weighted by atomic mass is 10.0. The zero-order valence-corrected chi connectivity index (χ0v) is 12.1. The van der Waals surface area contributed by atoms with E-state index < -0.39 is 5.54 Å². The molecule has 0 aliphatic heterocycles. The number of hydrogen-bond acceptors (Lipinski definition) is 3. The lowest BCUT2D eigenvalue weighted by Crippen LogP contribution is -2.46. The number of rotatable bonds is 6. The van der Waals surface area contributed by atoms with Crippen molar-refractivity contribution in [2.24, 2.45) is 0 Å². The molecule has 0 heterocycles. The molecule has 0 fully saturated rings. The minimum absolute atomic E-state index is 0.0133. The molecule has 1 aromatic carbocycles. The van der Waals surface area contributed by atoms with Gasteiger partial charge in [0.05, 0.1) is 0 Å². The molecular formula is C15H23NO3. The molecule has 0 aromatic heterocycles. The van der Waals surface area contributed by atoms with Crippen molar-refractivity contribution in [3.8, 4) is 5.75 Å². The maximum atomic E-state index is 11.8. The quantitative estimate of drug-likeness (QED) is 0.826. The average molecular weight is 265 g/mol. The highest BCUT2D eigenvalue weighted by atomic mass is 16.5. The lowest BCUT2D eigenvalue weighted by Gasteiger charge is -2.25. The Kier molecular flexibility index (Phi) is 5.36. The summed E-state index contributed by atoms with van der Waals surface area (Å²) in [6, 6.07) is 5.87. The summed E-state index contributed by atoms with van der Waals surface area (Å²) in [7, 11) is 0. The summed E-state index contributed by atoms with van der Waals surface area (Å²) >= 11 is 0. The van der Waals surface area contributed by atoms with E-state index in [9.17, 15) is 4.79 Å². The molecule has 0 saturated heterocycles. The Morgan fingerprint density at radius 2 is 1.89 bits per heavy atom. The van der Waals surface area contributed by atoms with E-state index in [2.05, 4.69) is 5.32 Å². The molecule has 0 unspecified atom stereocenters. The normalized spacial score (nSPS) is 11.2. The summed E-state index contributed by atoms with van der Waals surface area (Å²) < 4.78 is 5.58. The molecule has 106 valence electrons. The summed E-state index contributed by atoms with van der Waals surface area (Å²) in [5.41, 5.74) is 1.61. The number of carbonyl (C=O) groups excluding carboxylic acids is 1. The average Bonchev–Trinajstić information content (AvgIpc) is 2.27. The second-order valence-electron chi connectivity index (χ2n) is 5.42. The fourth-order valence-electron chi connectivity index (χ4n) is 1.92. The number of ether oxygens (including phenoxy) is 1. The standard InChI is InChI=1S/C15H23NO3/c1-11-6-5-7-12(2)14(11)19-10-13(18)16-15(3,4)8-9-17/h5-7,17H,8-10H2,1-4H3,(H,16,18). The SMILES string of the molecule is Cc1cccc(C)c1OCC(=O)NC(C)(C)CCO. The molecule has 2 N–H and O–H groups in total. The molecule has 0 aliphatic carbocycles. The summed E-state index contributed by atoms with van der Waals surface area (Å²) in [5.74, 6) is 0.582. The highest BCUT2D eigenvalue weighted by molar-refractivity contribution is 5.78. The summed E-state index contributed by atoms with van der Waals surface area (Å²) in [6.07, 6.45) is 0.516. The third-order valence-electron chi connectivity index (χ3n) is 2.97. The van der Waals surface area contributed by atoms with Gasteiger partial charge in [-0.2, -0.15) is 0 Å². The largest absolute Gasteiger partial charge is 0.483 e. The van der Waals surface area contributed by atoms with Crippen molar-refractivity contribution in [3.63, 3.8) is 0 Å². The topological polar surface area (TPSA) is 58.6 Å². The maximum Gasteiger partial charge on any atom is 0.258 e. The van der Waals surface area contributed by atoms with Crippen molar-refractivity contribution >= 4 is 5.91 Å². The summed E-state index contributed by atoms with van der Waals surface area (Å²) in [6.45, 7) is 7.69. The second kappa shape index (κ2) is 6.57. The first-order valence-electron chi connectivity index (χ1n) is 6.46. The number of aliphatic hydroxyl groups excluding tert-OH is 1. The second-order valence-corrected chi connectivity index (χ2v) is 5.42. The van der Waals surface area contributed by atoms with Crippen LogP contribution in [0.2, 0.25) is 0 Å². The van der Waals surface area contributed by atoms with Gasteiger partial charge in [0.1, 0.15) is 5.75 Å². The van der Waals surface area contributed by atoms with Gasteiger partial charge < -0.3 is 15.2 Å². The zero-order chi connectivity index (χ0) is 14.5. The van der Waals surface area contributed by atoms with E-state index in [4.69, 9.17) is 9.84 Å². The molecule has 0 bridgehead atoms. The molecule has 0 saturated carbocycles. The molecule has 0 aliphatic rings. The van der Waals surface area contributed by atoms with E-state index in [-0.39, 0.29) is 19.1 Å². The Morgan fingerprint density at radius 1 is 1.32 bits per heavy atom. The van der Waals surface area contributed by atoms with Gasteiger partial charge in [0, 0.05) is 12.1 Å². The third-order valence-corrected chi connectivity index (χ3v) is 2.97. The molecule has 0 atom stereocenters. The Balaban J connectivity index is 2.55. The number of aryl methyl sites for hydroxylation is 2. The fourth-order valence-corrected chi connectivity index (χ4v) is 1.92. The number of nitrogens with one attached hydrogen (secondary N) is 1. The van der Waals surface area contributed by atoms with Crippen LogP contribution in [0.25, 0.3) is 0 Å². The van der Waals surface area contributed by atoms with E-state index in [0.29, 0.717) is 6.42 Å². The van der Waals surface area contributed by atoms with Crippen molar-refractivity contribution in [3.05, 3.63) is 29.3 Å². The molecule has 1 amide bonds. The lowest BCUT2D eigenvalue weighted by molar-refractivity contribution is -0.124. The maximum absolute atomic E-state index is 11.8. The number of benzene rings is 1. The van der Waals surface area contributed by atoms with E-state index in [1.54, 1.807) is 0 Å². The molecule has 19 heavy (non-hydrogen) atoms. The number of aliphatic hydroxyl groups is 1. The number of amides is 1. The van der Waals surface area contributed by atoms with Gasteiger partial charge in [-0.3, -0.25) is 4.79 Å². The number of carbonyl (C=O) groups is 1. The molecular weight excluding hydrogens is 242 g/mol. The van der Waals surface area contributed by atoms with Crippen LogP contribution in [0.5, 0.6) is 5.75 Å². The Labute approximate surface area is 114 Å². The first-order chi connectivity index (χ1) is 8.85. The van der Waals surface area contributed by atoms with Crippen LogP contribution in [0, 0.1) is 13.8 Å². The predicted octanol–water partition coefficient (Wildman–Crippen LogP) is 1.96. The predicted molar refractivity (Wildman–Crippen MR) is 75.3 cm³/mol. The van der Waals surface area contributed by atoms with E-state index in [1.165, 1.54) is 0 Å². The van der Waals surface area contributed by atoms with Gasteiger partial charge in [0.25, 0.3) is 5.91 Å². The third kappa shape index (κ3) is 4.91. The van der Waals surface area contributed by atoms with Crippen LogP contribution in [0.15, 0.2) is 18.2 Å². The minimum Gasteiger partial charge on any atom is -0.483 e. The van der Waals surface area contributed by atoms with Gasteiger partial charge >= 0.3 is 0 Å². The van der Waals surface area contributed by atoms with Crippen LogP contribution in [-0.2, 0) is 4.79 Å². The molecule has 0 spiro atoms. The molecule has 1 rings (SSSR count). The van der Waals surface area contributed by atoms with Crippen molar-refractivity contribution < 1.29 is 14.6 Å². The van der Waals surface area contributed by atoms with E-state index >= 15 is 0 Å². The minimum atomic E-state index is -0.421. The Morgan fingerprint density at radius 3 is 2.42 bits per heavy atom. The Hall–Kier alpha value is -1.55. The highest BCUT2D eigenvalue weighted by Crippen LogP contribution is 2.22. The van der Waals surface area contributed by atoms with Gasteiger partial charge in [-0.05, 0) is 45.2 Å². The molecule has 4 nitrogen and oxygen atoms in total. The molecule has 0 radical (unpaired) electrons. The highest BCUT2D eigenvalue weighted by Gasteiger charge is 2.20. The number of hydrogen-bond donors (Lipinski definition) is 2. The van der Waals surface area contributed by atoms with Crippen LogP contribution in [-0.4, -0.2) is 29.8 Å². The van der Waals surface area contributed by atoms with E-state index in [1.807, 2.05) is 45.9 Å². The van der Waals surface area contributed by atoms with Gasteiger partial charge in [-0.25, -0.2) is 0 Å². The Bertz CT molecular complexity index is 421. The fraction of sp³-hybridized carbons (Fsp3) is 0.533. The van der Waals surface area contributed by atoms with Crippen molar-refractivity contribution in [2.45, 2.75) is 39.7 Å². The smallest absolute Gasteiger partial charge is 0.258 e. The van der Waals surface area contributed by atoms with Crippen LogP contribution in [0.1, 0.15) is 31.4 Å². The van der Waals surface area contributed by atoms with Crippen LogP contribution < -0.4 is 10.1 Å². The summed E-state index contributed by atoms with van der Waals surface area (Å²) in [5, 5.41) is 11.8. The van der Waals surface area contributed by atoms with Crippen LogP contribution in [0.3, 0.4) is 0 Å². The van der Waals surface area contributed by atoms with Crippen LogP contribution in [0.4, 0.5) is 0 Å². The van der Waals surface area contributed by atoms with E-state index in [0.717, 1.165) is 16.9 Å². The van der Waals surface area contributed by atoms with Crippen molar-refractivity contribution in [1.29, 1.82) is 0 Å².